The molecule has 1 heterocycles. The van der Waals surface area contributed by atoms with E-state index in [4.69, 9.17) is 11.6 Å². The van der Waals surface area contributed by atoms with Crippen LogP contribution in [0.15, 0.2) is 54.9 Å². The zero-order valence-electron chi connectivity index (χ0n) is 16.1. The van der Waals surface area contributed by atoms with Gasteiger partial charge in [0.15, 0.2) is 0 Å². The Hall–Kier alpha value is -2.57. The average Bonchev–Trinajstić information content (AvgIpc) is 2.76. The van der Waals surface area contributed by atoms with Crippen LogP contribution in [0.3, 0.4) is 0 Å². The van der Waals surface area contributed by atoms with E-state index in [1.165, 1.54) is 12.1 Å². The molecule has 4 nitrogen and oxygen atoms in total. The molecule has 1 amide bonds. The number of amides is 1. The normalized spacial score (nSPS) is 22.6. The number of rotatable bonds is 4. The van der Waals surface area contributed by atoms with Crippen molar-refractivity contribution in [2.75, 3.05) is 0 Å². The highest BCUT2D eigenvalue weighted by atomic mass is 35.5. The van der Waals surface area contributed by atoms with E-state index in [1.54, 1.807) is 36.7 Å². The van der Waals surface area contributed by atoms with E-state index in [0.717, 1.165) is 5.39 Å². The molecule has 2 N–H and O–H groups in total. The van der Waals surface area contributed by atoms with E-state index in [1.807, 2.05) is 6.07 Å². The number of pyridine rings is 1. The van der Waals surface area contributed by atoms with Gasteiger partial charge in [-0.1, -0.05) is 35.9 Å². The third-order valence-corrected chi connectivity index (χ3v) is 6.21. The molecule has 4 rings (SSSR count). The Kier molecular flexibility index (Phi) is 5.71. The number of aromatic nitrogens is 1. The smallest absolute Gasteiger partial charge is 0.252 e. The van der Waals surface area contributed by atoms with Crippen molar-refractivity contribution in [3.05, 3.63) is 76.8 Å². The molecule has 0 aliphatic heterocycles. The van der Waals surface area contributed by atoms with Gasteiger partial charge in [-0.15, -0.1) is 0 Å². The third kappa shape index (κ3) is 3.89. The first-order valence-electron chi connectivity index (χ1n) is 9.83. The number of fused-ring (bicyclic) bond motifs is 1. The number of nitrogens with zero attached hydrogens (tertiary/aromatic N) is 1. The summed E-state index contributed by atoms with van der Waals surface area (Å²) in [7, 11) is 0. The summed E-state index contributed by atoms with van der Waals surface area (Å²) in [6, 6.07) is 10.3. The zero-order chi connectivity index (χ0) is 21.3. The van der Waals surface area contributed by atoms with Crippen LogP contribution >= 0.6 is 11.6 Å². The quantitative estimate of drug-likeness (QED) is 0.602. The van der Waals surface area contributed by atoms with Gasteiger partial charge < -0.3 is 10.4 Å². The largest absolute Gasteiger partial charge is 0.387 e. The van der Waals surface area contributed by atoms with Crippen LogP contribution in [0.2, 0.25) is 5.02 Å². The van der Waals surface area contributed by atoms with Gasteiger partial charge in [0.25, 0.3) is 5.91 Å². The molecule has 7 heteroatoms. The second kappa shape index (κ2) is 8.28. The van der Waals surface area contributed by atoms with Crippen molar-refractivity contribution in [1.82, 2.24) is 10.3 Å². The van der Waals surface area contributed by atoms with Crippen molar-refractivity contribution in [2.45, 2.75) is 43.5 Å². The van der Waals surface area contributed by atoms with Gasteiger partial charge in [0, 0.05) is 23.3 Å². The maximum absolute atomic E-state index is 14.2. The average molecular weight is 431 g/mol. The van der Waals surface area contributed by atoms with E-state index in [-0.39, 0.29) is 36.3 Å². The van der Waals surface area contributed by atoms with E-state index in [2.05, 4.69) is 10.3 Å². The molecule has 0 saturated heterocycles. The van der Waals surface area contributed by atoms with Crippen molar-refractivity contribution >= 4 is 28.3 Å². The fraction of sp³-hybridized carbons (Fsp3) is 0.304. The number of benzene rings is 2. The van der Waals surface area contributed by atoms with Gasteiger partial charge in [-0.2, -0.15) is 0 Å². The molecule has 1 saturated carbocycles. The summed E-state index contributed by atoms with van der Waals surface area (Å²) in [5.74, 6) is -1.10. The molecule has 0 radical (unpaired) electrons. The first kappa shape index (κ1) is 20.7. The van der Waals surface area contributed by atoms with E-state index < -0.39 is 29.5 Å². The first-order chi connectivity index (χ1) is 14.4. The van der Waals surface area contributed by atoms with Crippen molar-refractivity contribution < 1.29 is 18.7 Å². The number of hydrogen-bond acceptors (Lipinski definition) is 3. The van der Waals surface area contributed by atoms with Crippen molar-refractivity contribution in [3.8, 4) is 0 Å². The fourth-order valence-electron chi connectivity index (χ4n) is 4.14. The van der Waals surface area contributed by atoms with Gasteiger partial charge in [-0.25, -0.2) is 8.78 Å². The van der Waals surface area contributed by atoms with Crippen LogP contribution in [0, 0.1) is 5.82 Å². The van der Waals surface area contributed by atoms with Crippen LogP contribution < -0.4 is 5.32 Å². The molecule has 1 aliphatic rings. The van der Waals surface area contributed by atoms with Crippen molar-refractivity contribution in [2.24, 2.45) is 0 Å². The Morgan fingerprint density at radius 1 is 1.20 bits per heavy atom. The standard InChI is InChI=1S/C23H21ClF2N2O2/c24-20-17(5-2-6-19(20)26)21(23(30)10-7-15(25)8-11-23)28-22(29)16-4-1-3-14-9-12-27-13-18(14)16/h1-6,9,12-13,15,21,30H,7-8,10-11H2,(H,28,29)/t15-,21?,23+. The van der Waals surface area contributed by atoms with Gasteiger partial charge in [-0.05, 0) is 54.8 Å². The molecule has 156 valence electrons. The molecule has 0 spiro atoms. The Bertz CT molecular complexity index is 1080. The lowest BCUT2D eigenvalue weighted by Gasteiger charge is -2.41. The number of halogens is 3. The van der Waals surface area contributed by atoms with Crippen LogP contribution in [0.1, 0.15) is 47.6 Å². The van der Waals surface area contributed by atoms with E-state index in [9.17, 15) is 18.7 Å². The van der Waals surface area contributed by atoms with Gasteiger partial charge in [0.1, 0.15) is 12.0 Å². The topological polar surface area (TPSA) is 62.2 Å². The Labute approximate surface area is 177 Å². The third-order valence-electron chi connectivity index (χ3n) is 5.81. The summed E-state index contributed by atoms with van der Waals surface area (Å²) in [5.41, 5.74) is -0.803. The van der Waals surface area contributed by atoms with Crippen LogP contribution in [0.5, 0.6) is 0 Å². The Morgan fingerprint density at radius 3 is 2.70 bits per heavy atom. The Balaban J connectivity index is 1.74. The number of carbonyl (C=O) groups excluding carboxylic acids is 1. The minimum Gasteiger partial charge on any atom is -0.387 e. The summed E-state index contributed by atoms with van der Waals surface area (Å²) < 4.78 is 27.9. The maximum atomic E-state index is 14.2. The van der Waals surface area contributed by atoms with Crippen LogP contribution in [0.4, 0.5) is 8.78 Å². The van der Waals surface area contributed by atoms with Gasteiger partial charge in [0.05, 0.1) is 16.7 Å². The maximum Gasteiger partial charge on any atom is 0.252 e. The lowest BCUT2D eigenvalue weighted by molar-refractivity contribution is -0.0445. The van der Waals surface area contributed by atoms with E-state index in [0.29, 0.717) is 10.9 Å². The fourth-order valence-corrected chi connectivity index (χ4v) is 4.37. The van der Waals surface area contributed by atoms with E-state index >= 15 is 0 Å². The highest BCUT2D eigenvalue weighted by Crippen LogP contribution is 2.42. The monoisotopic (exact) mass is 430 g/mol. The van der Waals surface area contributed by atoms with Crippen molar-refractivity contribution in [3.63, 3.8) is 0 Å². The molecule has 2 aromatic carbocycles. The second-order valence-corrected chi connectivity index (χ2v) is 8.11. The molecule has 1 unspecified atom stereocenters. The summed E-state index contributed by atoms with van der Waals surface area (Å²) in [5, 5.41) is 15.5. The molecule has 0 bridgehead atoms. The molecular weight excluding hydrogens is 410 g/mol. The summed E-state index contributed by atoms with van der Waals surface area (Å²) >= 11 is 6.20. The van der Waals surface area contributed by atoms with Gasteiger partial charge >= 0.3 is 0 Å². The minimum absolute atomic E-state index is 0.128. The number of aliphatic hydroxyl groups is 1. The lowest BCUT2D eigenvalue weighted by atomic mass is 9.76. The number of nitrogens with one attached hydrogen (secondary N) is 1. The molecule has 3 aromatic rings. The Morgan fingerprint density at radius 2 is 1.93 bits per heavy atom. The highest BCUT2D eigenvalue weighted by molar-refractivity contribution is 6.31. The molecule has 1 atom stereocenters. The zero-order valence-corrected chi connectivity index (χ0v) is 16.9. The minimum atomic E-state index is -1.45. The molecule has 1 aromatic heterocycles. The van der Waals surface area contributed by atoms with Crippen LogP contribution in [-0.2, 0) is 0 Å². The summed E-state index contributed by atoms with van der Waals surface area (Å²) in [6.07, 6.45) is 2.80. The number of hydrogen-bond donors (Lipinski definition) is 2. The summed E-state index contributed by atoms with van der Waals surface area (Å²) in [4.78, 5) is 17.3. The van der Waals surface area contributed by atoms with Gasteiger partial charge in [0.2, 0.25) is 0 Å². The van der Waals surface area contributed by atoms with Crippen LogP contribution in [0.25, 0.3) is 10.8 Å². The SMILES string of the molecule is O=C(NC(c1cccc(F)c1Cl)[C@]1(O)CC[C@@H](F)CC1)c1cccc2ccncc12. The predicted molar refractivity (Wildman–Crippen MR) is 112 cm³/mol. The first-order valence-corrected chi connectivity index (χ1v) is 10.2. The highest BCUT2D eigenvalue weighted by Gasteiger charge is 2.43. The number of carbonyl (C=O) groups is 1. The molecule has 1 fully saturated rings. The second-order valence-electron chi connectivity index (χ2n) is 7.73. The van der Waals surface area contributed by atoms with Gasteiger partial charge in [-0.3, -0.25) is 9.78 Å². The van der Waals surface area contributed by atoms with Crippen LogP contribution in [-0.4, -0.2) is 27.8 Å². The lowest BCUT2D eigenvalue weighted by Crippen LogP contribution is -2.48. The molecule has 30 heavy (non-hydrogen) atoms. The number of alkyl halides is 1. The molecular formula is C23H21ClF2N2O2. The summed E-state index contributed by atoms with van der Waals surface area (Å²) in [6.45, 7) is 0. The van der Waals surface area contributed by atoms with Crippen molar-refractivity contribution in [1.29, 1.82) is 0 Å². The molecule has 1 aliphatic carbocycles. The predicted octanol–water partition coefficient (Wildman–Crippen LogP) is 5.14.